The summed E-state index contributed by atoms with van der Waals surface area (Å²) in [5, 5.41) is 9.55. The lowest BCUT2D eigenvalue weighted by Gasteiger charge is -2.12. The SMILES string of the molecule is CCC(NC(=O)c1n[nH]c(C(C)C)n1)c1ncc[nH]1. The predicted octanol–water partition coefficient (Wildman–Crippen LogP) is 1.53. The van der Waals surface area contributed by atoms with Gasteiger partial charge < -0.3 is 10.3 Å². The average Bonchev–Trinajstić information content (AvgIpc) is 3.05. The molecule has 102 valence electrons. The molecule has 1 unspecified atom stereocenters. The summed E-state index contributed by atoms with van der Waals surface area (Å²) in [6.07, 6.45) is 4.13. The normalized spacial score (nSPS) is 12.6. The van der Waals surface area contributed by atoms with Crippen molar-refractivity contribution >= 4 is 5.91 Å². The number of hydrogen-bond donors (Lipinski definition) is 3. The van der Waals surface area contributed by atoms with Crippen molar-refractivity contribution in [3.8, 4) is 0 Å². The molecule has 0 fully saturated rings. The summed E-state index contributed by atoms with van der Waals surface area (Å²) in [7, 11) is 0. The minimum absolute atomic E-state index is 0.161. The van der Waals surface area contributed by atoms with Crippen LogP contribution in [0.5, 0.6) is 0 Å². The molecule has 2 aromatic heterocycles. The van der Waals surface area contributed by atoms with E-state index in [-0.39, 0.29) is 23.7 Å². The summed E-state index contributed by atoms with van der Waals surface area (Å²) in [6, 6.07) is -0.163. The van der Waals surface area contributed by atoms with E-state index < -0.39 is 0 Å². The first-order valence-electron chi connectivity index (χ1n) is 6.34. The largest absolute Gasteiger partial charge is 0.347 e. The van der Waals surface area contributed by atoms with Gasteiger partial charge in [-0.15, -0.1) is 5.10 Å². The molecule has 0 spiro atoms. The zero-order valence-corrected chi connectivity index (χ0v) is 11.3. The Morgan fingerprint density at radius 3 is 2.74 bits per heavy atom. The molecule has 7 nitrogen and oxygen atoms in total. The third kappa shape index (κ3) is 2.98. The Morgan fingerprint density at radius 1 is 1.42 bits per heavy atom. The zero-order chi connectivity index (χ0) is 13.8. The lowest BCUT2D eigenvalue weighted by molar-refractivity contribution is 0.0923. The maximum Gasteiger partial charge on any atom is 0.291 e. The molecule has 7 heteroatoms. The van der Waals surface area contributed by atoms with Crippen LogP contribution in [0.2, 0.25) is 0 Å². The Labute approximate surface area is 111 Å². The molecule has 0 aliphatic carbocycles. The average molecular weight is 262 g/mol. The van der Waals surface area contributed by atoms with Gasteiger partial charge in [-0.05, 0) is 6.42 Å². The van der Waals surface area contributed by atoms with Crippen molar-refractivity contribution in [3.63, 3.8) is 0 Å². The number of amides is 1. The van der Waals surface area contributed by atoms with Gasteiger partial charge >= 0.3 is 0 Å². The van der Waals surface area contributed by atoms with Crippen molar-refractivity contribution in [2.45, 2.75) is 39.2 Å². The number of nitrogens with zero attached hydrogens (tertiary/aromatic N) is 3. The zero-order valence-electron chi connectivity index (χ0n) is 11.3. The molecule has 19 heavy (non-hydrogen) atoms. The second-order valence-electron chi connectivity index (χ2n) is 4.61. The van der Waals surface area contributed by atoms with Gasteiger partial charge in [-0.2, -0.15) is 0 Å². The van der Waals surface area contributed by atoms with E-state index in [0.717, 1.165) is 12.2 Å². The molecule has 2 rings (SSSR count). The molecule has 1 atom stereocenters. The quantitative estimate of drug-likeness (QED) is 0.760. The first-order chi connectivity index (χ1) is 9.11. The highest BCUT2D eigenvalue weighted by molar-refractivity contribution is 5.90. The number of imidazole rings is 1. The first kappa shape index (κ1) is 13.3. The summed E-state index contributed by atoms with van der Waals surface area (Å²) in [4.78, 5) is 23.4. The number of nitrogens with one attached hydrogen (secondary N) is 3. The van der Waals surface area contributed by atoms with Gasteiger partial charge in [-0.3, -0.25) is 9.89 Å². The maximum atomic E-state index is 12.0. The van der Waals surface area contributed by atoms with E-state index in [4.69, 9.17) is 0 Å². The Morgan fingerprint density at radius 2 is 2.21 bits per heavy atom. The summed E-state index contributed by atoms with van der Waals surface area (Å²) >= 11 is 0. The standard InChI is InChI=1S/C12H18N6O/c1-4-8(10-13-5-6-14-10)15-12(19)11-16-9(7(2)3)17-18-11/h5-8H,4H2,1-3H3,(H,13,14)(H,15,19)(H,16,17,18). The number of carbonyl (C=O) groups excluding carboxylic acids is 1. The summed E-state index contributed by atoms with van der Waals surface area (Å²) in [5.74, 6) is 1.51. The van der Waals surface area contributed by atoms with Crippen molar-refractivity contribution < 1.29 is 4.79 Å². The lowest BCUT2D eigenvalue weighted by Crippen LogP contribution is -2.29. The van der Waals surface area contributed by atoms with Crippen LogP contribution < -0.4 is 5.32 Å². The van der Waals surface area contributed by atoms with Gasteiger partial charge in [0.2, 0.25) is 5.82 Å². The van der Waals surface area contributed by atoms with E-state index in [9.17, 15) is 4.79 Å². The molecule has 1 amide bonds. The Balaban J connectivity index is 2.07. The minimum atomic E-state index is -0.300. The fourth-order valence-electron chi connectivity index (χ4n) is 1.69. The topological polar surface area (TPSA) is 99.3 Å². The summed E-state index contributed by atoms with van der Waals surface area (Å²) in [5.41, 5.74) is 0. The number of carbonyl (C=O) groups is 1. The highest BCUT2D eigenvalue weighted by Gasteiger charge is 2.19. The fraction of sp³-hybridized carbons (Fsp3) is 0.500. The van der Waals surface area contributed by atoms with Crippen molar-refractivity contribution in [1.82, 2.24) is 30.5 Å². The Hall–Kier alpha value is -2.18. The van der Waals surface area contributed by atoms with Gasteiger partial charge in [0.25, 0.3) is 5.91 Å². The number of hydrogen-bond acceptors (Lipinski definition) is 4. The van der Waals surface area contributed by atoms with Gasteiger partial charge in [0.05, 0.1) is 6.04 Å². The molecule has 2 aromatic rings. The van der Waals surface area contributed by atoms with E-state index in [1.807, 2.05) is 20.8 Å². The fourth-order valence-corrected chi connectivity index (χ4v) is 1.69. The third-order valence-corrected chi connectivity index (χ3v) is 2.82. The second-order valence-corrected chi connectivity index (χ2v) is 4.61. The third-order valence-electron chi connectivity index (χ3n) is 2.82. The van der Waals surface area contributed by atoms with Crippen LogP contribution in [0.15, 0.2) is 12.4 Å². The molecular weight excluding hydrogens is 244 g/mol. The number of H-pyrrole nitrogens is 2. The van der Waals surface area contributed by atoms with E-state index in [2.05, 4.69) is 30.5 Å². The van der Waals surface area contributed by atoms with E-state index in [0.29, 0.717) is 5.82 Å². The van der Waals surface area contributed by atoms with Gasteiger partial charge in [-0.25, -0.2) is 9.97 Å². The van der Waals surface area contributed by atoms with Crippen LogP contribution in [-0.4, -0.2) is 31.1 Å². The lowest BCUT2D eigenvalue weighted by atomic mass is 10.2. The van der Waals surface area contributed by atoms with Gasteiger partial charge in [-0.1, -0.05) is 20.8 Å². The maximum absolute atomic E-state index is 12.0. The summed E-state index contributed by atoms with van der Waals surface area (Å²) in [6.45, 7) is 5.95. The van der Waals surface area contributed by atoms with Crippen LogP contribution in [0.4, 0.5) is 0 Å². The minimum Gasteiger partial charge on any atom is -0.347 e. The van der Waals surface area contributed by atoms with Crippen molar-refractivity contribution in [2.24, 2.45) is 0 Å². The van der Waals surface area contributed by atoms with Crippen molar-refractivity contribution in [1.29, 1.82) is 0 Å². The predicted molar refractivity (Wildman–Crippen MR) is 69.6 cm³/mol. The van der Waals surface area contributed by atoms with Gasteiger partial charge in [0.1, 0.15) is 11.6 Å². The molecule has 0 aromatic carbocycles. The molecule has 0 aliphatic heterocycles. The van der Waals surface area contributed by atoms with Crippen LogP contribution >= 0.6 is 0 Å². The highest BCUT2D eigenvalue weighted by atomic mass is 16.2. The van der Waals surface area contributed by atoms with E-state index in [1.165, 1.54) is 0 Å². The van der Waals surface area contributed by atoms with Crippen molar-refractivity contribution in [3.05, 3.63) is 29.9 Å². The number of aromatic amines is 2. The first-order valence-corrected chi connectivity index (χ1v) is 6.34. The van der Waals surface area contributed by atoms with E-state index in [1.54, 1.807) is 12.4 Å². The molecule has 0 bridgehead atoms. The summed E-state index contributed by atoms with van der Waals surface area (Å²) < 4.78 is 0. The number of rotatable bonds is 5. The highest BCUT2D eigenvalue weighted by Crippen LogP contribution is 2.12. The Bertz CT molecular complexity index is 530. The molecule has 3 N–H and O–H groups in total. The van der Waals surface area contributed by atoms with E-state index >= 15 is 0 Å². The molecule has 2 heterocycles. The van der Waals surface area contributed by atoms with Gasteiger partial charge in [0.15, 0.2) is 0 Å². The second kappa shape index (κ2) is 5.64. The van der Waals surface area contributed by atoms with Crippen LogP contribution in [0.3, 0.4) is 0 Å². The molecule has 0 aliphatic rings. The van der Waals surface area contributed by atoms with Crippen LogP contribution in [0.1, 0.15) is 61.4 Å². The monoisotopic (exact) mass is 262 g/mol. The van der Waals surface area contributed by atoms with Gasteiger partial charge in [0, 0.05) is 18.3 Å². The number of aromatic nitrogens is 5. The van der Waals surface area contributed by atoms with Crippen LogP contribution in [-0.2, 0) is 0 Å². The van der Waals surface area contributed by atoms with Crippen molar-refractivity contribution in [2.75, 3.05) is 0 Å². The Kier molecular flexibility index (Phi) is 3.94. The molecule has 0 saturated carbocycles. The molecule has 0 saturated heterocycles. The van der Waals surface area contributed by atoms with Crippen LogP contribution in [0.25, 0.3) is 0 Å². The molecular formula is C12H18N6O. The smallest absolute Gasteiger partial charge is 0.291 e. The molecule has 0 radical (unpaired) electrons. The van der Waals surface area contributed by atoms with Crippen LogP contribution in [0, 0.1) is 0 Å².